The summed E-state index contributed by atoms with van der Waals surface area (Å²) in [6.45, 7) is 5.77. The Kier molecular flexibility index (Phi) is 24.5. The van der Waals surface area contributed by atoms with Gasteiger partial charge in [0.15, 0.2) is 24.6 Å². The van der Waals surface area contributed by atoms with Gasteiger partial charge in [-0.2, -0.15) is 34.4 Å². The summed E-state index contributed by atoms with van der Waals surface area (Å²) < 4.78 is 134. The van der Waals surface area contributed by atoms with Gasteiger partial charge in [-0.1, -0.05) is 98.1 Å². The zero-order valence-corrected chi connectivity index (χ0v) is 57.3. The molecule has 28 heteroatoms. The van der Waals surface area contributed by atoms with E-state index in [1.807, 2.05) is 114 Å². The molecule has 2 aromatic heterocycles. The third-order valence-corrected chi connectivity index (χ3v) is 19.5. The Morgan fingerprint density at radius 3 is 1.58 bits per heavy atom. The second kappa shape index (κ2) is 33.2. The van der Waals surface area contributed by atoms with Crippen molar-refractivity contribution in [2.24, 2.45) is 0 Å². The minimum Gasteiger partial charge on any atom is -0.439 e. The minimum absolute atomic E-state index is 0.00223. The lowest BCUT2D eigenvalue weighted by atomic mass is 10.0. The van der Waals surface area contributed by atoms with Crippen molar-refractivity contribution in [1.29, 1.82) is 0 Å². The average Bonchev–Trinajstić information content (AvgIpc) is 1.64. The number of carbonyl (C=O) groups excluding carboxylic acids is 2. The monoisotopic (exact) mass is 1420 g/mol. The first kappa shape index (κ1) is 72.1. The summed E-state index contributed by atoms with van der Waals surface area (Å²) in [6, 6.07) is 41.1. The van der Waals surface area contributed by atoms with Crippen LogP contribution in [0, 0.1) is 0 Å². The molecule has 2 aliphatic rings. The smallest absolute Gasteiger partial charge is 0.374 e. The molecule has 0 fully saturated rings. The van der Waals surface area contributed by atoms with Crippen molar-refractivity contribution in [3.8, 4) is 33.8 Å². The molecule has 6 aromatic carbocycles. The van der Waals surface area contributed by atoms with Crippen molar-refractivity contribution >= 4 is 99.9 Å². The van der Waals surface area contributed by atoms with E-state index in [9.17, 15) is 48.5 Å². The van der Waals surface area contributed by atoms with Gasteiger partial charge in [-0.25, -0.2) is 5.26 Å². The lowest BCUT2D eigenvalue weighted by Crippen LogP contribution is -2.36. The number of fused-ring (bicyclic) bond motifs is 4. The SMILES string of the molecule is CCC(=Cc1oc2ccc(SOOO)cc2[n+]1CCCCCC(=O)NCCNC(=O)CCCCCN1C(=CC(=Cc2oc3ccc(-c4ccccc4)cc3[n+]2CCCS(=O)(=O)O)CC)Oc2ccc(-c3ccccc3)cc21)C=C1Oc2ccc(S(=O)(=O)O)cc2N1CCCS(=O)(=O)O. The maximum Gasteiger partial charge on any atom is 0.374 e. The Morgan fingerprint density at radius 1 is 0.541 bits per heavy atom. The number of aromatic nitrogens is 2. The molecule has 4 heterocycles. The summed E-state index contributed by atoms with van der Waals surface area (Å²) in [7, 11) is -13.1. The van der Waals surface area contributed by atoms with Crippen LogP contribution < -0.4 is 39.0 Å². The number of carbonyl (C=O) groups is 2. The number of oxazole rings is 2. The number of unbranched alkanes of at least 4 members (excludes halogenated alkanes) is 4. The normalized spacial score (nSPS) is 14.3. The number of nitrogens with one attached hydrogen (secondary N) is 2. The predicted octanol–water partition coefficient (Wildman–Crippen LogP) is 12.4. The molecule has 0 atom stereocenters. The second-order valence-corrected chi connectivity index (χ2v) is 28.8. The Bertz CT molecular complexity index is 4650. The van der Waals surface area contributed by atoms with Gasteiger partial charge in [-0.15, -0.1) is 4.33 Å². The summed E-state index contributed by atoms with van der Waals surface area (Å²) in [6.07, 6.45) is 13.1. The van der Waals surface area contributed by atoms with Crippen molar-refractivity contribution in [3.05, 3.63) is 180 Å². The molecule has 6 N–H and O–H groups in total. The van der Waals surface area contributed by atoms with Crippen LogP contribution in [0.1, 0.15) is 103 Å². The van der Waals surface area contributed by atoms with E-state index in [1.165, 1.54) is 18.2 Å². The molecule has 0 saturated heterocycles. The largest absolute Gasteiger partial charge is 0.439 e. The molecular weight excluding hydrogens is 1340 g/mol. The zero-order valence-electron chi connectivity index (χ0n) is 54.1. The number of ether oxygens (including phenoxy) is 2. The summed E-state index contributed by atoms with van der Waals surface area (Å²) in [4.78, 5) is 30.0. The van der Waals surface area contributed by atoms with Gasteiger partial charge in [0.05, 0.1) is 52.0 Å². The minimum atomic E-state index is -4.60. The van der Waals surface area contributed by atoms with E-state index in [4.69, 9.17) is 27.9 Å². The molecule has 2 amide bonds. The third-order valence-electron chi connectivity index (χ3n) is 16.5. The van der Waals surface area contributed by atoms with Crippen LogP contribution in [0.3, 0.4) is 0 Å². The fourth-order valence-electron chi connectivity index (χ4n) is 11.6. The van der Waals surface area contributed by atoms with Crippen LogP contribution in [0.15, 0.2) is 187 Å². The maximum atomic E-state index is 13.1. The highest BCUT2D eigenvalue weighted by Crippen LogP contribution is 2.44. The number of hydrogen-bond donors (Lipinski definition) is 6. The summed E-state index contributed by atoms with van der Waals surface area (Å²) in [5.41, 5.74) is 9.44. The van der Waals surface area contributed by atoms with Gasteiger partial charge in [0.2, 0.25) is 34.7 Å². The molecule has 8 aromatic rings. The van der Waals surface area contributed by atoms with Gasteiger partial charge in [-0.3, -0.25) is 23.2 Å². The van der Waals surface area contributed by atoms with Gasteiger partial charge in [0, 0.05) is 81.0 Å². The average molecular weight is 1420 g/mol. The Labute approximate surface area is 573 Å². The first-order chi connectivity index (χ1) is 47.1. The summed E-state index contributed by atoms with van der Waals surface area (Å²) in [5.74, 6) is 1.53. The first-order valence-corrected chi connectivity index (χ1v) is 37.7. The van der Waals surface area contributed by atoms with Gasteiger partial charge in [-0.05, 0) is 127 Å². The van der Waals surface area contributed by atoms with E-state index in [2.05, 4.69) is 38.8 Å². The van der Waals surface area contributed by atoms with Crippen molar-refractivity contribution in [2.45, 2.75) is 114 Å². The van der Waals surface area contributed by atoms with Gasteiger partial charge in [0.25, 0.3) is 41.4 Å². The van der Waals surface area contributed by atoms with Crippen molar-refractivity contribution in [1.82, 2.24) is 10.6 Å². The van der Waals surface area contributed by atoms with Crippen LogP contribution in [0.4, 0.5) is 11.4 Å². The van der Waals surface area contributed by atoms with E-state index < -0.39 is 46.8 Å². The lowest BCUT2D eigenvalue weighted by Gasteiger charge is -2.19. The van der Waals surface area contributed by atoms with E-state index in [-0.39, 0.29) is 74.6 Å². The highest BCUT2D eigenvalue weighted by atomic mass is 32.2. The van der Waals surface area contributed by atoms with Crippen LogP contribution in [0.2, 0.25) is 0 Å². The van der Waals surface area contributed by atoms with Gasteiger partial charge >= 0.3 is 11.8 Å². The fourth-order valence-corrected chi connectivity index (χ4v) is 13.5. The van der Waals surface area contributed by atoms with Crippen molar-refractivity contribution in [3.63, 3.8) is 0 Å². The van der Waals surface area contributed by atoms with Crippen molar-refractivity contribution in [2.75, 3.05) is 47.5 Å². The summed E-state index contributed by atoms with van der Waals surface area (Å²) in [5, 5.41) is 18.5. The molecular formula is C70H78N6O18S4+2. The van der Waals surface area contributed by atoms with E-state index in [0.717, 1.165) is 63.9 Å². The molecule has 2 aliphatic heterocycles. The first-order valence-electron chi connectivity index (χ1n) is 32.3. The Hall–Kier alpha value is -8.68. The molecule has 0 bridgehead atoms. The van der Waals surface area contributed by atoms with Gasteiger partial charge in [0.1, 0.15) is 0 Å². The second-order valence-electron chi connectivity index (χ2n) is 23.5. The molecule has 98 heavy (non-hydrogen) atoms. The molecule has 0 saturated carbocycles. The standard InChI is InChI=1S/C70H76N6O18S4/c1-3-49(43-69-75(37-17-39-96(80,81)82)58-46-54(26-30-62(58)90-69)52-21-11-6-12-22-52)41-67-73(57-45-53(25-29-61(57)89-67)51-19-9-5-10-20-51)35-15-7-13-23-65(77)71-33-34-72-66(78)24-14-8-16-36-74-59-47-55(95-94-93-79)27-31-63(59)91-68(74)42-50(4-2)44-70-76(38-18-40-97(83,84)85)60-48-56(98(86,87)88)28-32-64(60)92-70/h5-6,9-12,19-22,25-32,41-48H,3-4,7-8,13-18,23-24,33-40H2,1-2H3,(H4-2,71,72,77,78,79,80,81,82,83,84,85,86,87,88)/p+2. The highest BCUT2D eigenvalue weighted by molar-refractivity contribution is 7.94. The molecule has 24 nitrogen and oxygen atoms in total. The van der Waals surface area contributed by atoms with E-state index in [0.29, 0.717) is 109 Å². The third kappa shape index (κ3) is 19.6. The predicted molar refractivity (Wildman–Crippen MR) is 371 cm³/mol. The zero-order chi connectivity index (χ0) is 69.4. The number of hydrogen-bond acceptors (Lipinski definition) is 18. The number of allylic oxidation sites excluding steroid dienone is 4. The molecule has 0 aliphatic carbocycles. The highest BCUT2D eigenvalue weighted by Gasteiger charge is 2.32. The molecule has 0 unspecified atom stereocenters. The van der Waals surface area contributed by atoms with Crippen LogP contribution >= 0.6 is 12.0 Å². The maximum absolute atomic E-state index is 13.1. The quantitative estimate of drug-likeness (QED) is 0.00537. The van der Waals surface area contributed by atoms with Crippen LogP contribution in [-0.2, 0) is 62.4 Å². The van der Waals surface area contributed by atoms with Crippen LogP contribution in [0.25, 0.3) is 56.6 Å². The fraction of sp³-hybridized carbons (Fsp3) is 0.314. The Morgan fingerprint density at radius 2 is 1.03 bits per heavy atom. The lowest BCUT2D eigenvalue weighted by molar-refractivity contribution is -0.678. The number of nitrogens with zero attached hydrogens (tertiary/aromatic N) is 4. The number of aryl methyl sites for hydroxylation is 2. The van der Waals surface area contributed by atoms with Crippen molar-refractivity contribution < 1.29 is 90.6 Å². The molecule has 10 rings (SSSR count). The number of amides is 2. The van der Waals surface area contributed by atoms with E-state index in [1.54, 1.807) is 35.3 Å². The number of rotatable bonds is 35. The molecule has 518 valence electrons. The molecule has 0 spiro atoms. The molecule has 0 radical (unpaired) electrons. The number of benzene rings is 6. The number of anilines is 2. The van der Waals surface area contributed by atoms with Crippen LogP contribution in [-0.4, -0.2) is 93.7 Å². The summed E-state index contributed by atoms with van der Waals surface area (Å²) >= 11 is 0.781. The topological polar surface area (TPSA) is 319 Å². The van der Waals surface area contributed by atoms with Crippen LogP contribution in [0.5, 0.6) is 11.5 Å². The Balaban J connectivity index is 0.723. The van der Waals surface area contributed by atoms with E-state index >= 15 is 0 Å². The van der Waals surface area contributed by atoms with Gasteiger partial charge < -0.3 is 38.7 Å².